The molecule has 4 atom stereocenters. The van der Waals surface area contributed by atoms with Crippen LogP contribution < -0.4 is 18.9 Å². The van der Waals surface area contributed by atoms with Gasteiger partial charge in [0.1, 0.15) is 23.0 Å². The topological polar surface area (TPSA) is 130 Å². The molecule has 14 heteroatoms. The van der Waals surface area contributed by atoms with E-state index in [9.17, 15) is 16.8 Å². The Hall–Kier alpha value is -4.70. The van der Waals surface area contributed by atoms with E-state index in [0.29, 0.717) is 38.5 Å². The second-order valence-corrected chi connectivity index (χ2v) is 20.0. The van der Waals surface area contributed by atoms with Crippen LogP contribution in [0.2, 0.25) is 0 Å². The van der Waals surface area contributed by atoms with Gasteiger partial charge in [0, 0.05) is 40.4 Å². The predicted molar refractivity (Wildman–Crippen MR) is 264 cm³/mol. The molecule has 0 fully saturated rings. The second kappa shape index (κ2) is 29.0. The fourth-order valence-corrected chi connectivity index (χ4v) is 11.0. The Morgan fingerprint density at radius 2 is 0.692 bits per heavy atom. The summed E-state index contributed by atoms with van der Waals surface area (Å²) in [6, 6.07) is 29.9. The number of rotatable bonds is 28. The van der Waals surface area contributed by atoms with Gasteiger partial charge < -0.3 is 28.4 Å². The molecule has 0 N–H and O–H groups in total. The zero-order chi connectivity index (χ0) is 47.1. The van der Waals surface area contributed by atoms with Gasteiger partial charge in [0.25, 0.3) is 0 Å². The van der Waals surface area contributed by atoms with Crippen molar-refractivity contribution in [3.8, 4) is 23.0 Å². The number of methoxy groups -OCH3 is 6. The quantitative estimate of drug-likeness (QED) is 0.0508. The predicted octanol–water partition coefficient (Wildman–Crippen LogP) is 10.2. The average molecular weight is 939 g/mol. The SMILES string of the molecule is C.C=CCC[C@@H](C[C@@H](C)OC)S(=O)(=O)N(Cc1ccc(OC)cc1)Cc1ccc(OC)cc1.C=CCC[C@H](C[C@@H](C)OC)S(=O)(=O)N(Cc1ccc(OC)cc1)Cc1ccc(OC)cc1. The van der Waals surface area contributed by atoms with Crippen LogP contribution in [0.3, 0.4) is 0 Å². The van der Waals surface area contributed by atoms with Gasteiger partial charge in [0.2, 0.25) is 20.0 Å². The molecule has 65 heavy (non-hydrogen) atoms. The monoisotopic (exact) mass is 938 g/mol. The van der Waals surface area contributed by atoms with Gasteiger partial charge in [-0.2, -0.15) is 8.61 Å². The number of hydrogen-bond donors (Lipinski definition) is 0. The maximum atomic E-state index is 13.8. The van der Waals surface area contributed by atoms with Crippen LogP contribution in [0.5, 0.6) is 23.0 Å². The van der Waals surface area contributed by atoms with Crippen molar-refractivity contribution in [3.63, 3.8) is 0 Å². The minimum Gasteiger partial charge on any atom is -0.497 e. The molecular formula is C51H74N2O10S2. The van der Waals surface area contributed by atoms with Gasteiger partial charge in [0.15, 0.2) is 0 Å². The summed E-state index contributed by atoms with van der Waals surface area (Å²) >= 11 is 0. The first-order valence-corrected chi connectivity index (χ1v) is 24.4. The maximum absolute atomic E-state index is 13.8. The third kappa shape index (κ3) is 18.2. The fraction of sp³-hybridized carbons (Fsp3) is 0.451. The van der Waals surface area contributed by atoms with Crippen molar-refractivity contribution in [3.05, 3.63) is 145 Å². The molecular weight excluding hydrogens is 865 g/mol. The lowest BCUT2D eigenvalue weighted by Crippen LogP contribution is -2.39. The number of sulfonamides is 2. The largest absolute Gasteiger partial charge is 0.497 e. The van der Waals surface area contributed by atoms with Crippen LogP contribution in [-0.4, -0.2) is 90.8 Å². The number of benzene rings is 4. The lowest BCUT2D eigenvalue weighted by Gasteiger charge is -2.29. The molecule has 0 heterocycles. The first-order valence-electron chi connectivity index (χ1n) is 21.4. The van der Waals surface area contributed by atoms with Crippen LogP contribution >= 0.6 is 0 Å². The summed E-state index contributed by atoms with van der Waals surface area (Å²) in [6.07, 6.45) is 6.30. The van der Waals surface area contributed by atoms with Crippen molar-refractivity contribution >= 4 is 20.0 Å². The van der Waals surface area contributed by atoms with E-state index in [-0.39, 0.29) is 45.8 Å². The van der Waals surface area contributed by atoms with E-state index in [1.807, 2.05) is 111 Å². The molecule has 4 rings (SSSR count). The summed E-state index contributed by atoms with van der Waals surface area (Å²) in [5.74, 6) is 2.93. The van der Waals surface area contributed by atoms with Crippen LogP contribution in [0, 0.1) is 0 Å². The first kappa shape index (κ1) is 56.4. The van der Waals surface area contributed by atoms with Crippen LogP contribution in [0.15, 0.2) is 122 Å². The summed E-state index contributed by atoms with van der Waals surface area (Å²) < 4.78 is 90.1. The van der Waals surface area contributed by atoms with Gasteiger partial charge in [-0.25, -0.2) is 16.8 Å². The molecule has 0 spiro atoms. The van der Waals surface area contributed by atoms with E-state index in [4.69, 9.17) is 28.4 Å². The molecule has 0 aliphatic carbocycles. The normalized spacial score (nSPS) is 13.3. The van der Waals surface area contributed by atoms with Crippen LogP contribution in [0.4, 0.5) is 0 Å². The van der Waals surface area contributed by atoms with E-state index in [1.54, 1.807) is 63.4 Å². The maximum Gasteiger partial charge on any atom is 0.217 e. The molecule has 0 bridgehead atoms. The van der Waals surface area contributed by atoms with E-state index in [0.717, 1.165) is 45.3 Å². The zero-order valence-electron chi connectivity index (χ0n) is 39.0. The highest BCUT2D eigenvalue weighted by Crippen LogP contribution is 2.28. The summed E-state index contributed by atoms with van der Waals surface area (Å²) in [7, 11) is 2.39. The van der Waals surface area contributed by atoms with Gasteiger partial charge in [-0.3, -0.25) is 0 Å². The van der Waals surface area contributed by atoms with Crippen molar-refractivity contribution in [1.82, 2.24) is 8.61 Å². The lowest BCUT2D eigenvalue weighted by molar-refractivity contribution is 0.108. The minimum absolute atomic E-state index is 0. The summed E-state index contributed by atoms with van der Waals surface area (Å²) in [5.41, 5.74) is 3.57. The molecule has 4 aromatic rings. The van der Waals surface area contributed by atoms with E-state index in [1.165, 1.54) is 0 Å². The molecule has 360 valence electrons. The molecule has 0 saturated carbocycles. The number of allylic oxidation sites excluding steroid dienone is 2. The van der Waals surface area contributed by atoms with Crippen LogP contribution in [0.25, 0.3) is 0 Å². The molecule has 4 aromatic carbocycles. The van der Waals surface area contributed by atoms with Crippen molar-refractivity contribution < 1.29 is 45.3 Å². The Bertz CT molecular complexity index is 1910. The minimum atomic E-state index is -3.63. The van der Waals surface area contributed by atoms with E-state index >= 15 is 0 Å². The average Bonchev–Trinajstić information content (AvgIpc) is 3.31. The van der Waals surface area contributed by atoms with Gasteiger partial charge in [-0.15, -0.1) is 13.2 Å². The van der Waals surface area contributed by atoms with Gasteiger partial charge in [0.05, 0.1) is 51.1 Å². The Morgan fingerprint density at radius 1 is 0.462 bits per heavy atom. The van der Waals surface area contributed by atoms with Gasteiger partial charge in [-0.05, 0) is 123 Å². The number of ether oxygens (including phenoxy) is 6. The Balaban J connectivity index is 0.000000440. The molecule has 0 amide bonds. The summed E-state index contributed by atoms with van der Waals surface area (Å²) in [5, 5.41) is -1.13. The van der Waals surface area contributed by atoms with Gasteiger partial charge in [-0.1, -0.05) is 68.1 Å². The summed E-state index contributed by atoms with van der Waals surface area (Å²) in [4.78, 5) is 0. The molecule has 0 aliphatic rings. The lowest BCUT2D eigenvalue weighted by atomic mass is 10.1. The highest BCUT2D eigenvalue weighted by atomic mass is 32.2. The molecule has 12 nitrogen and oxygen atoms in total. The smallest absolute Gasteiger partial charge is 0.217 e. The number of nitrogens with zero attached hydrogens (tertiary/aromatic N) is 2. The fourth-order valence-electron chi connectivity index (χ4n) is 6.95. The number of hydrogen-bond acceptors (Lipinski definition) is 10. The Morgan fingerprint density at radius 3 is 0.877 bits per heavy atom. The summed E-state index contributed by atoms with van der Waals surface area (Å²) in [6.45, 7) is 12.4. The molecule has 0 aromatic heterocycles. The zero-order valence-corrected chi connectivity index (χ0v) is 40.6. The van der Waals surface area contributed by atoms with Crippen molar-refractivity contribution in [2.45, 2.75) is 109 Å². The van der Waals surface area contributed by atoms with Crippen molar-refractivity contribution in [1.29, 1.82) is 0 Å². The van der Waals surface area contributed by atoms with Crippen molar-refractivity contribution in [2.24, 2.45) is 0 Å². The standard InChI is InChI=1S/2C25H35NO5S.CH4/c2*1-6-7-8-25(17-20(2)29-3)32(27,28)26(18-21-9-13-23(30-4)14-10-21)19-22-11-15-24(31-5)16-12-22;/h2*6,9-16,20,25H,1,7-8,17-19H2,2-5H3;1H4/t20-,25+;20-,25-;/m11./s1. The second-order valence-electron chi connectivity index (χ2n) is 15.6. The van der Waals surface area contributed by atoms with E-state index < -0.39 is 30.5 Å². The van der Waals surface area contributed by atoms with E-state index in [2.05, 4.69) is 13.2 Å². The highest BCUT2D eigenvalue weighted by Gasteiger charge is 2.34. The molecule has 0 aliphatic heterocycles. The Kier molecular flexibility index (Phi) is 25.2. The molecule has 0 saturated heterocycles. The van der Waals surface area contributed by atoms with Crippen molar-refractivity contribution in [2.75, 3.05) is 42.7 Å². The third-order valence-corrected chi connectivity index (χ3v) is 15.5. The van der Waals surface area contributed by atoms with Crippen LogP contribution in [0.1, 0.15) is 82.1 Å². The van der Waals surface area contributed by atoms with Gasteiger partial charge >= 0.3 is 0 Å². The third-order valence-electron chi connectivity index (χ3n) is 11.0. The molecule has 0 radical (unpaired) electrons. The highest BCUT2D eigenvalue weighted by molar-refractivity contribution is 7.90. The molecule has 0 unspecified atom stereocenters. The Labute approximate surface area is 391 Å². The van der Waals surface area contributed by atoms with Crippen LogP contribution in [-0.2, 0) is 55.7 Å². The first-order chi connectivity index (χ1) is 30.7.